The van der Waals surface area contributed by atoms with Crippen molar-refractivity contribution in [3.63, 3.8) is 0 Å². The first-order valence-corrected chi connectivity index (χ1v) is 10.2. The molecule has 3 aromatic rings. The summed E-state index contributed by atoms with van der Waals surface area (Å²) in [5.74, 6) is 0.343. The summed E-state index contributed by atoms with van der Waals surface area (Å²) >= 11 is 1.45. The van der Waals surface area contributed by atoms with Gasteiger partial charge in [0, 0.05) is 41.4 Å². The van der Waals surface area contributed by atoms with Gasteiger partial charge >= 0.3 is 0 Å². The summed E-state index contributed by atoms with van der Waals surface area (Å²) in [6.07, 6.45) is 2.92. The summed E-state index contributed by atoms with van der Waals surface area (Å²) in [5.41, 5.74) is 2.35. The molecule has 1 aliphatic heterocycles. The molecule has 1 atom stereocenters. The number of halogens is 1. The minimum Gasteiger partial charge on any atom is -0.381 e. The second kappa shape index (κ2) is 7.83. The van der Waals surface area contributed by atoms with Crippen molar-refractivity contribution in [3.8, 4) is 0 Å². The Hall–Kier alpha value is -3.33. The quantitative estimate of drug-likeness (QED) is 0.374. The average Bonchev–Trinajstić information content (AvgIpc) is 3.03. The molecule has 1 aromatic carbocycles. The maximum atomic E-state index is 13.5. The van der Waals surface area contributed by atoms with Crippen LogP contribution in [0.2, 0.25) is 0 Å². The number of nitrogens with one attached hydrogen (secondary N) is 2. The van der Waals surface area contributed by atoms with E-state index in [1.54, 1.807) is 18.0 Å². The lowest BCUT2D eigenvalue weighted by atomic mass is 10.1. The highest BCUT2D eigenvalue weighted by Gasteiger charge is 2.25. The minimum atomic E-state index is -0.604. The Morgan fingerprint density at radius 2 is 2.23 bits per heavy atom. The maximum absolute atomic E-state index is 13.5. The normalized spacial score (nSPS) is 16.5. The predicted molar refractivity (Wildman–Crippen MR) is 120 cm³/mol. The summed E-state index contributed by atoms with van der Waals surface area (Å²) < 4.78 is 14.4. The van der Waals surface area contributed by atoms with Crippen LogP contribution in [0.3, 0.4) is 0 Å². The Balaban J connectivity index is 1.81. The van der Waals surface area contributed by atoms with E-state index in [1.807, 2.05) is 26.0 Å². The molecule has 1 aliphatic rings. The van der Waals surface area contributed by atoms with Gasteiger partial charge in [0.1, 0.15) is 22.9 Å². The van der Waals surface area contributed by atoms with Gasteiger partial charge in [0.15, 0.2) is 0 Å². The molecule has 0 aliphatic carbocycles. The molecular weight excluding hydrogens is 403 g/mol. The van der Waals surface area contributed by atoms with E-state index in [0.29, 0.717) is 28.8 Å². The molecule has 0 spiro atoms. The van der Waals surface area contributed by atoms with Crippen molar-refractivity contribution in [2.45, 2.75) is 19.9 Å². The molecule has 7 nitrogen and oxygen atoms in total. The van der Waals surface area contributed by atoms with E-state index in [4.69, 9.17) is 4.99 Å². The second-order valence-corrected chi connectivity index (χ2v) is 8.11. The number of aliphatic imine (C=N–C) groups is 1. The van der Waals surface area contributed by atoms with Gasteiger partial charge in [0.25, 0.3) is 5.91 Å². The largest absolute Gasteiger partial charge is 0.381 e. The van der Waals surface area contributed by atoms with E-state index in [9.17, 15) is 9.18 Å². The second-order valence-electron chi connectivity index (χ2n) is 7.05. The number of amidine groups is 1. The number of fused-ring (bicyclic) bond motifs is 3. The number of aromatic nitrogens is 2. The van der Waals surface area contributed by atoms with Crippen molar-refractivity contribution >= 4 is 56.4 Å². The van der Waals surface area contributed by atoms with Crippen LogP contribution in [-0.2, 0) is 0 Å². The zero-order valence-electron chi connectivity index (χ0n) is 16.9. The number of thiophene rings is 1. The Labute approximate surface area is 177 Å². The Kier molecular flexibility index (Phi) is 5.21. The predicted octanol–water partition coefficient (Wildman–Crippen LogP) is 4.20. The molecule has 0 bridgehead atoms. The number of benzene rings is 1. The topological polar surface area (TPSA) is 82.5 Å². The van der Waals surface area contributed by atoms with Gasteiger partial charge in [0.2, 0.25) is 5.95 Å². The molecule has 4 rings (SSSR count). The van der Waals surface area contributed by atoms with Gasteiger partial charge in [-0.2, -0.15) is 4.39 Å². The first-order chi connectivity index (χ1) is 14.4. The lowest BCUT2D eigenvalue weighted by Gasteiger charge is -2.18. The van der Waals surface area contributed by atoms with Crippen LogP contribution < -0.4 is 15.5 Å². The SMILES string of the molecule is C=Cc1c(N=C(C)N(C)c2cc(F)ncn2)ccc2sc3c(c12)NC[C@@H](C)NC3=O. The van der Waals surface area contributed by atoms with Gasteiger partial charge in [-0.25, -0.2) is 15.0 Å². The molecule has 30 heavy (non-hydrogen) atoms. The highest BCUT2D eigenvalue weighted by Crippen LogP contribution is 2.42. The number of nitrogens with zero attached hydrogens (tertiary/aromatic N) is 4. The number of hydrogen-bond acceptors (Lipinski definition) is 6. The van der Waals surface area contributed by atoms with E-state index < -0.39 is 5.95 Å². The lowest BCUT2D eigenvalue weighted by Crippen LogP contribution is -2.34. The Morgan fingerprint density at radius 3 is 2.97 bits per heavy atom. The van der Waals surface area contributed by atoms with E-state index in [1.165, 1.54) is 23.7 Å². The molecule has 3 heterocycles. The van der Waals surface area contributed by atoms with Gasteiger partial charge in [-0.15, -0.1) is 11.3 Å². The number of anilines is 2. The molecule has 0 radical (unpaired) electrons. The molecule has 154 valence electrons. The van der Waals surface area contributed by atoms with Crippen LogP contribution in [0.25, 0.3) is 16.2 Å². The van der Waals surface area contributed by atoms with Crippen LogP contribution >= 0.6 is 11.3 Å². The van der Waals surface area contributed by atoms with Crippen molar-refractivity contribution in [1.29, 1.82) is 0 Å². The number of carbonyl (C=O) groups is 1. The van der Waals surface area contributed by atoms with Crippen molar-refractivity contribution in [1.82, 2.24) is 15.3 Å². The highest BCUT2D eigenvalue weighted by atomic mass is 32.1. The molecule has 0 saturated carbocycles. The first kappa shape index (κ1) is 20.0. The highest BCUT2D eigenvalue weighted by molar-refractivity contribution is 7.21. The number of carbonyl (C=O) groups excluding carboxylic acids is 1. The maximum Gasteiger partial charge on any atom is 0.263 e. The molecular formula is C21H21FN6OS. The van der Waals surface area contributed by atoms with Gasteiger partial charge in [-0.05, 0) is 26.0 Å². The van der Waals surface area contributed by atoms with Crippen molar-refractivity contribution in [2.24, 2.45) is 4.99 Å². The van der Waals surface area contributed by atoms with Crippen LogP contribution in [0.15, 0.2) is 36.1 Å². The summed E-state index contributed by atoms with van der Waals surface area (Å²) in [4.78, 5) is 27.2. The molecule has 2 N–H and O–H groups in total. The summed E-state index contributed by atoms with van der Waals surface area (Å²) in [7, 11) is 1.76. The van der Waals surface area contributed by atoms with Crippen molar-refractivity contribution in [3.05, 3.63) is 47.5 Å². The monoisotopic (exact) mass is 424 g/mol. The average molecular weight is 425 g/mol. The minimum absolute atomic E-state index is 0.0321. The Morgan fingerprint density at radius 1 is 1.43 bits per heavy atom. The third-order valence-electron chi connectivity index (χ3n) is 4.98. The van der Waals surface area contributed by atoms with E-state index in [0.717, 1.165) is 21.3 Å². The van der Waals surface area contributed by atoms with Crippen LogP contribution in [0.5, 0.6) is 0 Å². The number of rotatable bonds is 3. The van der Waals surface area contributed by atoms with Crippen molar-refractivity contribution in [2.75, 3.05) is 23.8 Å². The summed E-state index contributed by atoms with van der Waals surface area (Å²) in [5, 5.41) is 7.32. The van der Waals surface area contributed by atoms with Crippen LogP contribution in [0.4, 0.5) is 21.6 Å². The third-order valence-corrected chi connectivity index (χ3v) is 6.13. The molecule has 1 amide bonds. The van der Waals surface area contributed by atoms with Gasteiger partial charge < -0.3 is 15.5 Å². The van der Waals surface area contributed by atoms with E-state index in [2.05, 4.69) is 27.2 Å². The smallest absolute Gasteiger partial charge is 0.263 e. The van der Waals surface area contributed by atoms with Gasteiger partial charge in [-0.1, -0.05) is 12.7 Å². The molecule has 0 fully saturated rings. The zero-order valence-corrected chi connectivity index (χ0v) is 17.7. The lowest BCUT2D eigenvalue weighted by molar-refractivity contribution is 0.0949. The molecule has 0 saturated heterocycles. The standard InChI is InChI=1S/C21H21FN6OS/c1-5-13-14(27-12(3)28(4)17-8-16(22)24-10-25-17)6-7-15-18(13)19-20(30-15)21(29)26-11(2)9-23-19/h5-8,10-11,23H,1,9H2,2-4H3,(H,26,29)/t11-/m1/s1. The zero-order chi connectivity index (χ0) is 21.4. The van der Waals surface area contributed by atoms with Crippen LogP contribution in [-0.4, -0.2) is 41.3 Å². The Bertz CT molecular complexity index is 1190. The van der Waals surface area contributed by atoms with Gasteiger partial charge in [0.05, 0.1) is 11.4 Å². The van der Waals surface area contributed by atoms with Crippen LogP contribution in [0, 0.1) is 5.95 Å². The van der Waals surface area contributed by atoms with E-state index >= 15 is 0 Å². The fourth-order valence-electron chi connectivity index (χ4n) is 3.36. The van der Waals surface area contributed by atoms with Gasteiger partial charge in [-0.3, -0.25) is 4.79 Å². The number of hydrogen-bond donors (Lipinski definition) is 2. The molecule has 9 heteroatoms. The number of amides is 1. The molecule has 2 aromatic heterocycles. The summed E-state index contributed by atoms with van der Waals surface area (Å²) in [6, 6.07) is 5.13. The van der Waals surface area contributed by atoms with Crippen LogP contribution in [0.1, 0.15) is 29.1 Å². The summed E-state index contributed by atoms with van der Waals surface area (Å²) in [6.45, 7) is 8.39. The fraction of sp³-hybridized carbons (Fsp3) is 0.238. The third kappa shape index (κ3) is 3.52. The molecule has 0 unspecified atom stereocenters. The van der Waals surface area contributed by atoms with Crippen molar-refractivity contribution < 1.29 is 9.18 Å². The first-order valence-electron chi connectivity index (χ1n) is 9.42. The van der Waals surface area contributed by atoms with E-state index in [-0.39, 0.29) is 11.9 Å². The fourth-order valence-corrected chi connectivity index (χ4v) is 4.45.